The Morgan fingerprint density at radius 1 is 1.31 bits per heavy atom. The molecule has 0 N–H and O–H groups in total. The molecule has 2 aliphatic heterocycles. The summed E-state index contributed by atoms with van der Waals surface area (Å²) in [5.41, 5.74) is 1.35. The average molecular weight is 232 g/mol. The molecule has 0 aromatic heterocycles. The molecule has 0 spiro atoms. The lowest BCUT2D eigenvalue weighted by atomic mass is 10.1. The number of rotatable bonds is 2. The third-order valence-corrected chi connectivity index (χ3v) is 4.44. The van der Waals surface area contributed by atoms with E-state index >= 15 is 0 Å². The Labute approximate surface area is 101 Å². The highest BCUT2D eigenvalue weighted by molar-refractivity contribution is 7.99. The zero-order valence-corrected chi connectivity index (χ0v) is 10.3. The van der Waals surface area contributed by atoms with Crippen LogP contribution in [0.3, 0.4) is 0 Å². The highest BCUT2D eigenvalue weighted by Crippen LogP contribution is 2.33. The summed E-state index contributed by atoms with van der Waals surface area (Å²) in [6.07, 6.45) is 3.45. The van der Waals surface area contributed by atoms with Gasteiger partial charge in [-0.3, -0.25) is 4.99 Å². The van der Waals surface area contributed by atoms with E-state index in [2.05, 4.69) is 41.5 Å². The van der Waals surface area contributed by atoms with Gasteiger partial charge in [-0.1, -0.05) is 30.3 Å². The van der Waals surface area contributed by atoms with Gasteiger partial charge in [-0.05, 0) is 18.2 Å². The molecule has 1 fully saturated rings. The zero-order valence-electron chi connectivity index (χ0n) is 9.47. The summed E-state index contributed by atoms with van der Waals surface area (Å²) in [6.45, 7) is 2.27. The lowest BCUT2D eigenvalue weighted by molar-refractivity contribution is 0.454. The van der Waals surface area contributed by atoms with Gasteiger partial charge >= 0.3 is 0 Å². The summed E-state index contributed by atoms with van der Waals surface area (Å²) in [7, 11) is 0. The summed E-state index contributed by atoms with van der Waals surface area (Å²) in [4.78, 5) is 7.35. The minimum atomic E-state index is 0.367. The highest BCUT2D eigenvalue weighted by atomic mass is 32.2. The van der Waals surface area contributed by atoms with Crippen molar-refractivity contribution in [3.8, 4) is 0 Å². The lowest BCUT2D eigenvalue weighted by Crippen LogP contribution is -2.24. The Bertz CT molecular complexity index is 402. The van der Waals surface area contributed by atoms with E-state index in [1.165, 1.54) is 24.4 Å². The number of thioether (sulfide) groups is 1. The smallest absolute Gasteiger partial charge is 0.113 e. The van der Waals surface area contributed by atoms with Crippen molar-refractivity contribution in [2.75, 3.05) is 19.3 Å². The summed E-state index contributed by atoms with van der Waals surface area (Å²) in [5, 5.41) is 0.633. The monoisotopic (exact) mass is 232 g/mol. The number of amidine groups is 1. The molecule has 0 amide bonds. The van der Waals surface area contributed by atoms with Crippen molar-refractivity contribution in [2.45, 2.75) is 17.7 Å². The van der Waals surface area contributed by atoms with Gasteiger partial charge in [-0.15, -0.1) is 0 Å². The van der Waals surface area contributed by atoms with Crippen LogP contribution in [0.5, 0.6) is 0 Å². The van der Waals surface area contributed by atoms with Crippen molar-refractivity contribution in [3.05, 3.63) is 35.9 Å². The molecule has 1 aromatic rings. The minimum absolute atomic E-state index is 0.367. The van der Waals surface area contributed by atoms with Gasteiger partial charge < -0.3 is 4.90 Å². The Kier molecular flexibility index (Phi) is 2.64. The summed E-state index contributed by atoms with van der Waals surface area (Å²) in [5.74, 6) is 1.33. The summed E-state index contributed by atoms with van der Waals surface area (Å²) in [6, 6.07) is 11.0. The van der Waals surface area contributed by atoms with E-state index in [4.69, 9.17) is 4.99 Å². The molecular weight excluding hydrogens is 216 g/mol. The van der Waals surface area contributed by atoms with Gasteiger partial charge in [0.25, 0.3) is 0 Å². The van der Waals surface area contributed by atoms with Crippen LogP contribution in [-0.4, -0.2) is 35.3 Å². The van der Waals surface area contributed by atoms with Crippen molar-refractivity contribution in [2.24, 2.45) is 4.99 Å². The molecule has 84 valence electrons. The molecule has 1 aromatic carbocycles. The van der Waals surface area contributed by atoms with Gasteiger partial charge in [-0.25, -0.2) is 0 Å². The third-order valence-electron chi connectivity index (χ3n) is 3.42. The second-order valence-electron chi connectivity index (χ2n) is 4.37. The van der Waals surface area contributed by atoms with Crippen molar-refractivity contribution < 1.29 is 0 Å². The standard InChI is InChI=1S/C13H16N2S/c1-16-12-7-8-15-9-11(14-13(12)15)10-5-3-2-4-6-10/h2-6,11-12H,7-9H2,1H3. The molecule has 16 heavy (non-hydrogen) atoms. The van der Waals surface area contributed by atoms with E-state index in [1.807, 2.05) is 11.8 Å². The molecule has 3 heteroatoms. The molecule has 0 radical (unpaired) electrons. The molecule has 1 saturated heterocycles. The normalized spacial score (nSPS) is 28.1. The van der Waals surface area contributed by atoms with Crippen LogP contribution >= 0.6 is 11.8 Å². The van der Waals surface area contributed by atoms with Crippen LogP contribution in [0.4, 0.5) is 0 Å². The van der Waals surface area contributed by atoms with Gasteiger partial charge in [0.2, 0.25) is 0 Å². The minimum Gasteiger partial charge on any atom is -0.357 e. The topological polar surface area (TPSA) is 15.6 Å². The zero-order chi connectivity index (χ0) is 11.0. The Hall–Kier alpha value is -0.960. The highest BCUT2D eigenvalue weighted by Gasteiger charge is 2.35. The van der Waals surface area contributed by atoms with Crippen molar-refractivity contribution in [3.63, 3.8) is 0 Å². The first kappa shape index (κ1) is 10.2. The Morgan fingerprint density at radius 3 is 2.88 bits per heavy atom. The number of nitrogens with zero attached hydrogens (tertiary/aromatic N) is 2. The molecule has 0 saturated carbocycles. The van der Waals surface area contributed by atoms with Crippen molar-refractivity contribution in [1.82, 2.24) is 4.90 Å². The second-order valence-corrected chi connectivity index (χ2v) is 5.41. The fourth-order valence-corrected chi connectivity index (χ4v) is 3.32. The molecular formula is C13H16N2S. The van der Waals surface area contributed by atoms with E-state index in [-0.39, 0.29) is 0 Å². The molecule has 0 aliphatic carbocycles. The molecule has 2 nitrogen and oxygen atoms in total. The maximum absolute atomic E-state index is 4.89. The molecule has 2 aliphatic rings. The van der Waals surface area contributed by atoms with Gasteiger partial charge in [0.1, 0.15) is 5.84 Å². The summed E-state index contributed by atoms with van der Waals surface area (Å²) < 4.78 is 0. The maximum Gasteiger partial charge on any atom is 0.113 e. The van der Waals surface area contributed by atoms with Crippen LogP contribution in [0, 0.1) is 0 Å². The number of benzene rings is 1. The van der Waals surface area contributed by atoms with Crippen LogP contribution in [0.1, 0.15) is 18.0 Å². The van der Waals surface area contributed by atoms with Crippen molar-refractivity contribution >= 4 is 17.6 Å². The maximum atomic E-state index is 4.89. The van der Waals surface area contributed by atoms with Gasteiger partial charge in [0, 0.05) is 13.1 Å². The predicted octanol–water partition coefficient (Wildman–Crippen LogP) is 2.58. The SMILES string of the molecule is CSC1CCN2CC(c3ccccc3)N=C12. The summed E-state index contributed by atoms with van der Waals surface area (Å²) >= 11 is 1.93. The van der Waals surface area contributed by atoms with E-state index in [1.54, 1.807) is 0 Å². The molecule has 2 unspecified atom stereocenters. The van der Waals surface area contributed by atoms with E-state index in [0.29, 0.717) is 11.3 Å². The first-order valence-electron chi connectivity index (χ1n) is 5.79. The molecule has 2 atom stereocenters. The van der Waals surface area contributed by atoms with Crippen LogP contribution in [0.25, 0.3) is 0 Å². The lowest BCUT2D eigenvalue weighted by Gasteiger charge is -2.13. The van der Waals surface area contributed by atoms with E-state index in [9.17, 15) is 0 Å². The second kappa shape index (κ2) is 4.13. The number of hydrogen-bond acceptors (Lipinski definition) is 3. The fourth-order valence-electron chi connectivity index (χ4n) is 2.56. The predicted molar refractivity (Wildman–Crippen MR) is 70.1 cm³/mol. The van der Waals surface area contributed by atoms with Crippen LogP contribution in [0.2, 0.25) is 0 Å². The van der Waals surface area contributed by atoms with Gasteiger partial charge in [-0.2, -0.15) is 11.8 Å². The van der Waals surface area contributed by atoms with E-state index in [0.717, 1.165) is 6.54 Å². The largest absolute Gasteiger partial charge is 0.357 e. The van der Waals surface area contributed by atoms with Crippen LogP contribution in [0.15, 0.2) is 35.3 Å². The van der Waals surface area contributed by atoms with E-state index < -0.39 is 0 Å². The third kappa shape index (κ3) is 1.63. The molecule has 0 bridgehead atoms. The number of fused-ring (bicyclic) bond motifs is 1. The van der Waals surface area contributed by atoms with Gasteiger partial charge in [0.15, 0.2) is 0 Å². The number of aliphatic imine (C=N–C) groups is 1. The Morgan fingerprint density at radius 2 is 2.12 bits per heavy atom. The first-order valence-corrected chi connectivity index (χ1v) is 7.07. The first-order chi connectivity index (χ1) is 7.88. The van der Waals surface area contributed by atoms with Crippen molar-refractivity contribution in [1.29, 1.82) is 0 Å². The number of hydrogen-bond donors (Lipinski definition) is 0. The fraction of sp³-hybridized carbons (Fsp3) is 0.462. The Balaban J connectivity index is 1.85. The van der Waals surface area contributed by atoms with Crippen LogP contribution in [-0.2, 0) is 0 Å². The quantitative estimate of drug-likeness (QED) is 0.779. The van der Waals surface area contributed by atoms with Gasteiger partial charge in [0.05, 0.1) is 11.3 Å². The molecule has 2 heterocycles. The average Bonchev–Trinajstić information content (AvgIpc) is 2.89. The van der Waals surface area contributed by atoms with Crippen LogP contribution < -0.4 is 0 Å². The molecule has 3 rings (SSSR count).